The largest absolute Gasteiger partial charge is 0.416 e. The zero-order valence-corrected chi connectivity index (χ0v) is 10.4. The van der Waals surface area contributed by atoms with Crippen molar-refractivity contribution in [1.82, 2.24) is 0 Å². The number of benzene rings is 1. The van der Waals surface area contributed by atoms with Gasteiger partial charge in [0.2, 0.25) is 0 Å². The molecular weight excluding hydrogens is 251 g/mol. The highest BCUT2D eigenvalue weighted by Crippen LogP contribution is 2.29. The monoisotopic (exact) mass is 265 g/mol. The molecule has 0 amide bonds. The van der Waals surface area contributed by atoms with E-state index in [1.807, 2.05) is 13.8 Å². The van der Waals surface area contributed by atoms with Crippen LogP contribution in [0.15, 0.2) is 24.3 Å². The van der Waals surface area contributed by atoms with Gasteiger partial charge in [-0.25, -0.2) is 0 Å². The number of alkyl halides is 4. The summed E-state index contributed by atoms with van der Waals surface area (Å²) in [7, 11) is 0. The van der Waals surface area contributed by atoms with E-state index in [0.29, 0.717) is 18.2 Å². The molecule has 1 nitrogen and oxygen atoms in total. The molecule has 1 atom stereocenters. The van der Waals surface area contributed by atoms with Crippen LogP contribution in [0.1, 0.15) is 19.4 Å². The number of nitrogens with one attached hydrogen (secondary N) is 1. The van der Waals surface area contributed by atoms with Crippen molar-refractivity contribution in [3.8, 4) is 0 Å². The van der Waals surface area contributed by atoms with Crippen LogP contribution in [-0.2, 0) is 6.18 Å². The summed E-state index contributed by atoms with van der Waals surface area (Å²) in [5, 5.41) is 2.96. The van der Waals surface area contributed by atoms with Crippen molar-refractivity contribution in [1.29, 1.82) is 0 Å². The molecule has 17 heavy (non-hydrogen) atoms. The Balaban J connectivity index is 2.57. The molecule has 1 aromatic carbocycles. The average Bonchev–Trinajstić information content (AvgIpc) is 2.25. The Hall–Kier alpha value is -0.900. The molecule has 0 saturated heterocycles. The molecule has 1 aromatic rings. The molecule has 0 aliphatic heterocycles. The van der Waals surface area contributed by atoms with E-state index in [1.165, 1.54) is 12.1 Å². The van der Waals surface area contributed by atoms with Crippen molar-refractivity contribution in [2.75, 3.05) is 11.9 Å². The van der Waals surface area contributed by atoms with Crippen LogP contribution in [0.3, 0.4) is 0 Å². The fraction of sp³-hybridized carbons (Fsp3) is 0.500. The van der Waals surface area contributed by atoms with Crippen LogP contribution in [0.4, 0.5) is 18.9 Å². The number of rotatable bonds is 4. The number of hydrogen-bond acceptors (Lipinski definition) is 1. The Labute approximate surface area is 104 Å². The normalized spacial score (nSPS) is 13.8. The van der Waals surface area contributed by atoms with E-state index in [1.54, 1.807) is 0 Å². The topological polar surface area (TPSA) is 12.0 Å². The fourth-order valence-electron chi connectivity index (χ4n) is 1.23. The molecule has 5 heteroatoms. The van der Waals surface area contributed by atoms with Crippen molar-refractivity contribution in [2.45, 2.75) is 25.4 Å². The Morgan fingerprint density at radius 1 is 1.18 bits per heavy atom. The van der Waals surface area contributed by atoms with Gasteiger partial charge >= 0.3 is 6.18 Å². The fourth-order valence-corrected chi connectivity index (χ4v) is 1.31. The number of anilines is 1. The standard InChI is InChI=1S/C12H15ClF3N/c1-8(2)11(13)7-17-10-5-3-9(4-6-10)12(14,15)16/h3-6,8,11,17H,7H2,1-2H3. The predicted molar refractivity (Wildman–Crippen MR) is 64.4 cm³/mol. The second kappa shape index (κ2) is 5.63. The minimum Gasteiger partial charge on any atom is -0.384 e. The van der Waals surface area contributed by atoms with Crippen LogP contribution in [0.25, 0.3) is 0 Å². The lowest BCUT2D eigenvalue weighted by atomic mass is 10.1. The molecule has 0 aromatic heterocycles. The van der Waals surface area contributed by atoms with Gasteiger partial charge in [-0.15, -0.1) is 11.6 Å². The first-order valence-corrected chi connectivity index (χ1v) is 5.79. The second-order valence-corrected chi connectivity index (χ2v) is 4.78. The predicted octanol–water partition coefficient (Wildman–Crippen LogP) is 4.38. The molecule has 0 fully saturated rings. The van der Waals surface area contributed by atoms with E-state index >= 15 is 0 Å². The summed E-state index contributed by atoms with van der Waals surface area (Å²) < 4.78 is 36.9. The molecule has 0 radical (unpaired) electrons. The highest BCUT2D eigenvalue weighted by molar-refractivity contribution is 6.21. The highest BCUT2D eigenvalue weighted by atomic mass is 35.5. The summed E-state index contributed by atoms with van der Waals surface area (Å²) >= 11 is 6.03. The summed E-state index contributed by atoms with van der Waals surface area (Å²) in [5.74, 6) is 0.318. The maximum atomic E-state index is 12.3. The summed E-state index contributed by atoms with van der Waals surface area (Å²) in [6.07, 6.45) is -4.29. The zero-order chi connectivity index (χ0) is 13.1. The van der Waals surface area contributed by atoms with E-state index in [2.05, 4.69) is 5.32 Å². The van der Waals surface area contributed by atoms with Gasteiger partial charge in [-0.2, -0.15) is 13.2 Å². The first kappa shape index (κ1) is 14.2. The maximum Gasteiger partial charge on any atom is 0.416 e. The van der Waals surface area contributed by atoms with Crippen molar-refractivity contribution in [2.24, 2.45) is 5.92 Å². The zero-order valence-electron chi connectivity index (χ0n) is 9.68. The van der Waals surface area contributed by atoms with Gasteiger partial charge in [0.15, 0.2) is 0 Å². The minimum absolute atomic E-state index is 0.0442. The smallest absolute Gasteiger partial charge is 0.384 e. The van der Waals surface area contributed by atoms with Crippen LogP contribution < -0.4 is 5.32 Å². The Bertz CT molecular complexity index is 346. The lowest BCUT2D eigenvalue weighted by molar-refractivity contribution is -0.137. The first-order chi connectivity index (χ1) is 7.80. The Morgan fingerprint density at radius 2 is 1.71 bits per heavy atom. The van der Waals surface area contributed by atoms with Gasteiger partial charge in [0.25, 0.3) is 0 Å². The van der Waals surface area contributed by atoms with E-state index in [4.69, 9.17) is 11.6 Å². The third kappa shape index (κ3) is 4.46. The van der Waals surface area contributed by atoms with Gasteiger partial charge in [0.1, 0.15) is 0 Å². The van der Waals surface area contributed by atoms with E-state index in [0.717, 1.165) is 12.1 Å². The first-order valence-electron chi connectivity index (χ1n) is 5.36. The molecule has 0 aliphatic carbocycles. The van der Waals surface area contributed by atoms with E-state index < -0.39 is 11.7 Å². The molecule has 0 aliphatic rings. The van der Waals surface area contributed by atoms with Crippen LogP contribution in [0.5, 0.6) is 0 Å². The summed E-state index contributed by atoms with van der Waals surface area (Å²) in [6.45, 7) is 4.52. The van der Waals surface area contributed by atoms with Crippen LogP contribution in [-0.4, -0.2) is 11.9 Å². The average molecular weight is 266 g/mol. The lowest BCUT2D eigenvalue weighted by Crippen LogP contribution is -2.19. The SMILES string of the molecule is CC(C)C(Cl)CNc1ccc(C(F)(F)F)cc1. The lowest BCUT2D eigenvalue weighted by Gasteiger charge is -2.15. The van der Waals surface area contributed by atoms with Crippen LogP contribution in [0.2, 0.25) is 0 Å². The molecule has 0 spiro atoms. The van der Waals surface area contributed by atoms with Crippen LogP contribution >= 0.6 is 11.6 Å². The molecule has 0 saturated carbocycles. The van der Waals surface area contributed by atoms with Crippen molar-refractivity contribution in [3.05, 3.63) is 29.8 Å². The van der Waals surface area contributed by atoms with E-state index in [-0.39, 0.29) is 5.38 Å². The summed E-state index contributed by atoms with van der Waals surface area (Å²) in [5.41, 5.74) is -0.00127. The van der Waals surface area contributed by atoms with Crippen molar-refractivity contribution < 1.29 is 13.2 Å². The molecular formula is C12H15ClF3N. The third-order valence-corrected chi connectivity index (χ3v) is 3.10. The van der Waals surface area contributed by atoms with Crippen LogP contribution in [0, 0.1) is 5.92 Å². The number of hydrogen-bond donors (Lipinski definition) is 1. The molecule has 1 N–H and O–H groups in total. The molecule has 96 valence electrons. The molecule has 1 unspecified atom stereocenters. The van der Waals surface area contributed by atoms with Gasteiger partial charge in [-0.05, 0) is 30.2 Å². The quantitative estimate of drug-likeness (QED) is 0.797. The third-order valence-electron chi connectivity index (χ3n) is 2.44. The summed E-state index contributed by atoms with van der Waals surface area (Å²) in [4.78, 5) is 0. The van der Waals surface area contributed by atoms with E-state index in [9.17, 15) is 13.2 Å². The van der Waals surface area contributed by atoms with Gasteiger partial charge in [-0.3, -0.25) is 0 Å². The van der Waals surface area contributed by atoms with Gasteiger partial charge in [-0.1, -0.05) is 13.8 Å². The highest BCUT2D eigenvalue weighted by Gasteiger charge is 2.29. The molecule has 0 heterocycles. The van der Waals surface area contributed by atoms with Gasteiger partial charge < -0.3 is 5.32 Å². The minimum atomic E-state index is -4.29. The molecule has 0 bridgehead atoms. The number of halogens is 4. The van der Waals surface area contributed by atoms with Crippen molar-refractivity contribution in [3.63, 3.8) is 0 Å². The Kier molecular flexibility index (Phi) is 4.69. The summed E-state index contributed by atoms with van der Waals surface area (Å²) in [6, 6.07) is 4.93. The maximum absolute atomic E-state index is 12.3. The van der Waals surface area contributed by atoms with Gasteiger partial charge in [0, 0.05) is 12.2 Å². The Morgan fingerprint density at radius 3 is 2.12 bits per heavy atom. The molecule has 1 rings (SSSR count). The van der Waals surface area contributed by atoms with Gasteiger partial charge in [0.05, 0.1) is 10.9 Å². The van der Waals surface area contributed by atoms with Crippen molar-refractivity contribution >= 4 is 17.3 Å². The second-order valence-electron chi connectivity index (χ2n) is 4.22.